The van der Waals surface area contributed by atoms with Crippen LogP contribution in [-0.2, 0) is 10.0 Å². The molecule has 0 bridgehead atoms. The Hall–Kier alpha value is -2.25. The molecular formula is C21H25FN2O3S. The number of piperidine rings is 1. The van der Waals surface area contributed by atoms with E-state index in [1.54, 1.807) is 34.6 Å². The average Bonchev–Trinajstić information content (AvgIpc) is 2.67. The Kier molecular flexibility index (Phi) is 6.46. The number of rotatable bonds is 6. The molecule has 1 fully saturated rings. The second-order valence-corrected chi connectivity index (χ2v) is 9.09. The maximum Gasteiger partial charge on any atom is 0.251 e. The normalized spacial score (nSPS) is 18.0. The van der Waals surface area contributed by atoms with Gasteiger partial charge in [-0.25, -0.2) is 12.8 Å². The summed E-state index contributed by atoms with van der Waals surface area (Å²) < 4.78 is 38.8. The van der Waals surface area contributed by atoms with Gasteiger partial charge >= 0.3 is 0 Å². The van der Waals surface area contributed by atoms with Crippen molar-refractivity contribution < 1.29 is 17.6 Å². The summed E-state index contributed by atoms with van der Waals surface area (Å²) in [7, 11) is -3.23. The van der Waals surface area contributed by atoms with Gasteiger partial charge in [0.05, 0.1) is 6.26 Å². The summed E-state index contributed by atoms with van der Waals surface area (Å²) in [6.45, 7) is 0.951. The van der Waals surface area contributed by atoms with E-state index in [0.29, 0.717) is 30.6 Å². The number of nitrogens with one attached hydrogen (secondary N) is 1. The molecule has 2 aromatic carbocycles. The molecule has 1 saturated heterocycles. The number of hydrogen-bond donors (Lipinski definition) is 1. The SMILES string of the molecule is CS(=O)(=O)N1CCCCC1CCNC(=O)c1cccc(-c2cccc(F)c2)c1. The molecule has 1 N–H and O–H groups in total. The number of halogens is 1. The van der Waals surface area contributed by atoms with Crippen LogP contribution in [0, 0.1) is 5.82 Å². The van der Waals surface area contributed by atoms with Gasteiger partial charge in [0.15, 0.2) is 0 Å². The van der Waals surface area contributed by atoms with Crippen molar-refractivity contribution in [2.75, 3.05) is 19.3 Å². The van der Waals surface area contributed by atoms with Gasteiger partial charge in [-0.1, -0.05) is 30.7 Å². The molecule has 0 radical (unpaired) electrons. The highest BCUT2D eigenvalue weighted by molar-refractivity contribution is 7.88. The molecule has 1 aliphatic heterocycles. The van der Waals surface area contributed by atoms with E-state index in [4.69, 9.17) is 0 Å². The second-order valence-electron chi connectivity index (χ2n) is 7.16. The smallest absolute Gasteiger partial charge is 0.251 e. The topological polar surface area (TPSA) is 66.5 Å². The molecule has 2 aromatic rings. The Bertz CT molecular complexity index is 946. The minimum absolute atomic E-state index is 0.0670. The average molecular weight is 405 g/mol. The lowest BCUT2D eigenvalue weighted by atomic mass is 10.0. The predicted molar refractivity (Wildman–Crippen MR) is 108 cm³/mol. The van der Waals surface area contributed by atoms with Crippen molar-refractivity contribution in [1.82, 2.24) is 9.62 Å². The highest BCUT2D eigenvalue weighted by Crippen LogP contribution is 2.23. The molecule has 1 heterocycles. The van der Waals surface area contributed by atoms with Crippen LogP contribution in [0.3, 0.4) is 0 Å². The third kappa shape index (κ3) is 5.17. The summed E-state index contributed by atoms with van der Waals surface area (Å²) in [6, 6.07) is 13.2. The molecule has 0 spiro atoms. The van der Waals surface area contributed by atoms with E-state index in [9.17, 15) is 17.6 Å². The summed E-state index contributed by atoms with van der Waals surface area (Å²) in [6.07, 6.45) is 4.52. The van der Waals surface area contributed by atoms with Crippen molar-refractivity contribution in [2.24, 2.45) is 0 Å². The molecular weight excluding hydrogens is 379 g/mol. The maximum absolute atomic E-state index is 13.4. The third-order valence-electron chi connectivity index (χ3n) is 5.04. The van der Waals surface area contributed by atoms with Crippen LogP contribution in [0.25, 0.3) is 11.1 Å². The Labute approximate surface area is 165 Å². The molecule has 1 aliphatic rings. The number of carbonyl (C=O) groups is 1. The molecule has 3 rings (SSSR count). The van der Waals surface area contributed by atoms with E-state index in [0.717, 1.165) is 24.8 Å². The van der Waals surface area contributed by atoms with Gasteiger partial charge in [0, 0.05) is 24.7 Å². The van der Waals surface area contributed by atoms with Crippen LogP contribution in [0.2, 0.25) is 0 Å². The number of amides is 1. The van der Waals surface area contributed by atoms with E-state index in [1.165, 1.54) is 18.4 Å². The van der Waals surface area contributed by atoms with Crippen molar-refractivity contribution in [1.29, 1.82) is 0 Å². The fourth-order valence-corrected chi connectivity index (χ4v) is 4.87. The number of carbonyl (C=O) groups excluding carboxylic acids is 1. The van der Waals surface area contributed by atoms with E-state index in [2.05, 4.69) is 5.32 Å². The van der Waals surface area contributed by atoms with Gasteiger partial charge in [0.2, 0.25) is 10.0 Å². The largest absolute Gasteiger partial charge is 0.352 e. The fourth-order valence-electron chi connectivity index (χ4n) is 3.66. The summed E-state index contributed by atoms with van der Waals surface area (Å²) in [4.78, 5) is 12.5. The van der Waals surface area contributed by atoms with E-state index >= 15 is 0 Å². The zero-order chi connectivity index (χ0) is 20.1. The van der Waals surface area contributed by atoms with Gasteiger partial charge in [-0.15, -0.1) is 0 Å². The maximum atomic E-state index is 13.4. The first-order valence-corrected chi connectivity index (χ1v) is 11.3. The highest BCUT2D eigenvalue weighted by Gasteiger charge is 2.28. The molecule has 0 aliphatic carbocycles. The van der Waals surface area contributed by atoms with Gasteiger partial charge in [-0.05, 0) is 54.7 Å². The standard InChI is InChI=1S/C21H25FN2O3S/c1-28(26,27)24-13-3-2-10-20(24)11-12-23-21(25)18-8-4-6-16(14-18)17-7-5-9-19(22)15-17/h4-9,14-15,20H,2-3,10-13H2,1H3,(H,23,25). The van der Waals surface area contributed by atoms with Gasteiger partial charge in [0.1, 0.15) is 5.82 Å². The van der Waals surface area contributed by atoms with Crippen LogP contribution in [0.5, 0.6) is 0 Å². The first kappa shape index (κ1) is 20.5. The van der Waals surface area contributed by atoms with Crippen LogP contribution in [0.1, 0.15) is 36.0 Å². The Balaban J connectivity index is 1.61. The van der Waals surface area contributed by atoms with Crippen molar-refractivity contribution >= 4 is 15.9 Å². The van der Waals surface area contributed by atoms with E-state index in [1.807, 2.05) is 6.07 Å². The zero-order valence-electron chi connectivity index (χ0n) is 15.9. The third-order valence-corrected chi connectivity index (χ3v) is 6.38. The first-order chi connectivity index (χ1) is 13.3. The molecule has 150 valence electrons. The highest BCUT2D eigenvalue weighted by atomic mass is 32.2. The lowest BCUT2D eigenvalue weighted by Crippen LogP contribution is -2.44. The quantitative estimate of drug-likeness (QED) is 0.802. The molecule has 1 amide bonds. The molecule has 1 atom stereocenters. The number of nitrogens with zero attached hydrogens (tertiary/aromatic N) is 1. The molecule has 7 heteroatoms. The number of benzene rings is 2. The monoisotopic (exact) mass is 404 g/mol. The van der Waals surface area contributed by atoms with Crippen LogP contribution in [-0.4, -0.2) is 44.0 Å². The van der Waals surface area contributed by atoms with Gasteiger partial charge in [0.25, 0.3) is 5.91 Å². The summed E-state index contributed by atoms with van der Waals surface area (Å²) in [5.41, 5.74) is 1.97. The van der Waals surface area contributed by atoms with Crippen LogP contribution < -0.4 is 5.32 Å². The van der Waals surface area contributed by atoms with Crippen molar-refractivity contribution in [3.05, 3.63) is 59.9 Å². The summed E-state index contributed by atoms with van der Waals surface area (Å²) >= 11 is 0. The van der Waals surface area contributed by atoms with Gasteiger partial charge in [-0.3, -0.25) is 4.79 Å². The minimum atomic E-state index is -3.23. The summed E-state index contributed by atoms with van der Waals surface area (Å²) in [5, 5.41) is 2.87. The molecule has 28 heavy (non-hydrogen) atoms. The van der Waals surface area contributed by atoms with Gasteiger partial charge < -0.3 is 5.32 Å². The van der Waals surface area contributed by atoms with Crippen molar-refractivity contribution in [3.63, 3.8) is 0 Å². The lowest BCUT2D eigenvalue weighted by Gasteiger charge is -2.33. The molecule has 1 unspecified atom stereocenters. The van der Waals surface area contributed by atoms with Crippen LogP contribution >= 0.6 is 0 Å². The Morgan fingerprint density at radius 2 is 1.86 bits per heavy atom. The van der Waals surface area contributed by atoms with Crippen LogP contribution in [0.4, 0.5) is 4.39 Å². The van der Waals surface area contributed by atoms with E-state index in [-0.39, 0.29) is 17.8 Å². The predicted octanol–water partition coefficient (Wildman–Crippen LogP) is 3.43. The molecule has 5 nitrogen and oxygen atoms in total. The fraction of sp³-hybridized carbons (Fsp3) is 0.381. The van der Waals surface area contributed by atoms with Gasteiger partial charge in [-0.2, -0.15) is 4.31 Å². The minimum Gasteiger partial charge on any atom is -0.352 e. The number of hydrogen-bond acceptors (Lipinski definition) is 3. The molecule has 0 saturated carbocycles. The van der Waals surface area contributed by atoms with E-state index < -0.39 is 10.0 Å². The second kappa shape index (κ2) is 8.84. The zero-order valence-corrected chi connectivity index (χ0v) is 16.7. The molecule has 0 aromatic heterocycles. The Morgan fingerprint density at radius 1 is 1.14 bits per heavy atom. The first-order valence-electron chi connectivity index (χ1n) is 9.45. The summed E-state index contributed by atoms with van der Waals surface area (Å²) in [5.74, 6) is -0.546. The Morgan fingerprint density at radius 3 is 2.57 bits per heavy atom. The van der Waals surface area contributed by atoms with Crippen molar-refractivity contribution in [2.45, 2.75) is 31.7 Å². The number of sulfonamides is 1. The van der Waals surface area contributed by atoms with Crippen molar-refractivity contribution in [3.8, 4) is 11.1 Å². The van der Waals surface area contributed by atoms with Crippen LogP contribution in [0.15, 0.2) is 48.5 Å². The lowest BCUT2D eigenvalue weighted by molar-refractivity contribution is 0.0949.